The average molecular weight is 499 g/mol. The molecule has 4 heteroatoms. The van der Waals surface area contributed by atoms with Gasteiger partial charge in [-0.15, -0.1) is 0 Å². The molecule has 38 heavy (non-hydrogen) atoms. The third kappa shape index (κ3) is 4.98. The first-order valence-electron chi connectivity index (χ1n) is 13.1. The molecule has 1 unspecified atom stereocenters. The number of aryl methyl sites for hydroxylation is 1. The van der Waals surface area contributed by atoms with Crippen molar-refractivity contribution < 1.29 is 9.53 Å². The minimum atomic E-state index is -0.200. The maximum absolute atomic E-state index is 14.0. The molecule has 0 aliphatic carbocycles. The molecule has 1 atom stereocenters. The minimum Gasteiger partial charge on any atom is -0.489 e. The fraction of sp³-hybridized carbons (Fsp3) is 0.147. The smallest absolute Gasteiger partial charge is 0.254 e. The summed E-state index contributed by atoms with van der Waals surface area (Å²) >= 11 is 0. The predicted octanol–water partition coefficient (Wildman–Crippen LogP) is 7.37. The van der Waals surface area contributed by atoms with Crippen LogP contribution in [-0.2, 0) is 13.2 Å². The van der Waals surface area contributed by atoms with Crippen molar-refractivity contribution >= 4 is 5.91 Å². The normalized spacial score (nSPS) is 14.9. The van der Waals surface area contributed by atoms with Gasteiger partial charge < -0.3 is 14.2 Å². The van der Waals surface area contributed by atoms with Crippen LogP contribution in [-0.4, -0.2) is 21.9 Å². The van der Waals surface area contributed by atoms with Gasteiger partial charge >= 0.3 is 0 Å². The molecule has 1 amide bonds. The molecule has 6 rings (SSSR count). The largest absolute Gasteiger partial charge is 0.489 e. The summed E-state index contributed by atoms with van der Waals surface area (Å²) in [5.41, 5.74) is 6.24. The second-order valence-corrected chi connectivity index (χ2v) is 9.67. The molecule has 0 N–H and O–H groups in total. The molecule has 1 aliphatic heterocycles. The Balaban J connectivity index is 1.31. The van der Waals surface area contributed by atoms with Gasteiger partial charge in [-0.25, -0.2) is 0 Å². The van der Waals surface area contributed by atoms with Gasteiger partial charge in [-0.3, -0.25) is 4.79 Å². The molecule has 1 aromatic heterocycles. The Hall–Kier alpha value is -4.57. The van der Waals surface area contributed by atoms with E-state index in [9.17, 15) is 4.79 Å². The van der Waals surface area contributed by atoms with E-state index in [2.05, 4.69) is 59.3 Å². The van der Waals surface area contributed by atoms with Crippen LogP contribution >= 0.6 is 0 Å². The van der Waals surface area contributed by atoms with Crippen molar-refractivity contribution in [1.29, 1.82) is 0 Å². The summed E-state index contributed by atoms with van der Waals surface area (Å²) in [5, 5.41) is 0. The Kier molecular flexibility index (Phi) is 6.77. The highest BCUT2D eigenvalue weighted by Crippen LogP contribution is 2.35. The molecule has 1 aliphatic rings. The Morgan fingerprint density at radius 2 is 1.47 bits per heavy atom. The number of carbonyl (C=O) groups excluding carboxylic acids is 1. The maximum atomic E-state index is 14.0. The summed E-state index contributed by atoms with van der Waals surface area (Å²) in [7, 11) is 0. The standard InChI is InChI=1S/C34H30N2O2/c37-34(29-19-17-28(18-20-29)27-12-5-2-6-13-27)36-23-9-22-35-21-8-16-32(35)33(36)30-14-7-15-31(24-30)38-25-26-10-3-1-4-11-26/h1-8,10-21,24,33H,9,22-23,25H2. The molecule has 4 nitrogen and oxygen atoms in total. The second-order valence-electron chi connectivity index (χ2n) is 9.67. The summed E-state index contributed by atoms with van der Waals surface area (Å²) in [5.74, 6) is 0.841. The number of nitrogens with zero attached hydrogens (tertiary/aromatic N) is 2. The summed E-state index contributed by atoms with van der Waals surface area (Å²) in [6.07, 6.45) is 3.01. The first-order chi connectivity index (χ1) is 18.8. The third-order valence-corrected chi connectivity index (χ3v) is 7.18. The van der Waals surface area contributed by atoms with Crippen LogP contribution in [0, 0.1) is 0 Å². The topological polar surface area (TPSA) is 34.5 Å². The second kappa shape index (κ2) is 10.8. The first kappa shape index (κ1) is 23.8. The fourth-order valence-corrected chi connectivity index (χ4v) is 5.27. The number of carbonyl (C=O) groups is 1. The molecular formula is C34H30N2O2. The Bertz CT molecular complexity index is 1510. The highest BCUT2D eigenvalue weighted by Gasteiger charge is 2.31. The monoisotopic (exact) mass is 498 g/mol. The Labute approximate surface area is 223 Å². The van der Waals surface area contributed by atoms with Crippen molar-refractivity contribution in [1.82, 2.24) is 9.47 Å². The van der Waals surface area contributed by atoms with Crippen LogP contribution in [0.1, 0.15) is 39.6 Å². The molecule has 2 heterocycles. The van der Waals surface area contributed by atoms with Gasteiger partial charge in [0.25, 0.3) is 5.91 Å². The molecule has 0 saturated carbocycles. The highest BCUT2D eigenvalue weighted by molar-refractivity contribution is 5.95. The van der Waals surface area contributed by atoms with Crippen LogP contribution in [0.5, 0.6) is 5.75 Å². The lowest BCUT2D eigenvalue weighted by molar-refractivity contribution is 0.0709. The number of amides is 1. The van der Waals surface area contributed by atoms with E-state index in [1.807, 2.05) is 77.7 Å². The van der Waals surface area contributed by atoms with Crippen LogP contribution < -0.4 is 4.74 Å². The van der Waals surface area contributed by atoms with Crippen LogP contribution in [0.25, 0.3) is 11.1 Å². The zero-order chi connectivity index (χ0) is 25.7. The van der Waals surface area contributed by atoms with Gasteiger partial charge in [-0.05, 0) is 65.1 Å². The minimum absolute atomic E-state index is 0.0415. The Morgan fingerprint density at radius 3 is 2.26 bits per heavy atom. The Morgan fingerprint density at radius 1 is 0.737 bits per heavy atom. The van der Waals surface area contributed by atoms with E-state index in [0.717, 1.165) is 46.7 Å². The van der Waals surface area contributed by atoms with Gasteiger partial charge in [0.15, 0.2) is 0 Å². The third-order valence-electron chi connectivity index (χ3n) is 7.18. The lowest BCUT2D eigenvalue weighted by Crippen LogP contribution is -2.35. The van der Waals surface area contributed by atoms with Crippen molar-refractivity contribution in [2.24, 2.45) is 0 Å². The molecule has 188 valence electrons. The van der Waals surface area contributed by atoms with E-state index in [1.54, 1.807) is 0 Å². The van der Waals surface area contributed by atoms with Gasteiger partial charge in [-0.2, -0.15) is 0 Å². The summed E-state index contributed by atoms with van der Waals surface area (Å²) in [4.78, 5) is 16.0. The van der Waals surface area contributed by atoms with Gasteiger partial charge in [0.1, 0.15) is 12.4 Å². The van der Waals surface area contributed by atoms with E-state index >= 15 is 0 Å². The van der Waals surface area contributed by atoms with Gasteiger partial charge in [0.05, 0.1) is 6.04 Å². The summed E-state index contributed by atoms with van der Waals surface area (Å²) < 4.78 is 8.42. The number of aromatic nitrogens is 1. The van der Waals surface area contributed by atoms with Crippen molar-refractivity contribution in [2.45, 2.75) is 25.6 Å². The SMILES string of the molecule is O=C(c1ccc(-c2ccccc2)cc1)N1CCCn2cccc2C1c1cccc(OCc2ccccc2)c1. The van der Waals surface area contributed by atoms with E-state index in [0.29, 0.717) is 18.7 Å². The molecule has 4 aromatic carbocycles. The predicted molar refractivity (Wildman–Crippen MR) is 151 cm³/mol. The van der Waals surface area contributed by atoms with Crippen LogP contribution in [0.15, 0.2) is 128 Å². The zero-order valence-corrected chi connectivity index (χ0v) is 21.2. The van der Waals surface area contributed by atoms with Crippen LogP contribution in [0.4, 0.5) is 0 Å². The van der Waals surface area contributed by atoms with Gasteiger partial charge in [0, 0.05) is 30.5 Å². The summed E-state index contributed by atoms with van der Waals surface area (Å²) in [6.45, 7) is 2.07. The van der Waals surface area contributed by atoms with E-state index in [1.165, 1.54) is 0 Å². The lowest BCUT2D eigenvalue weighted by atomic mass is 9.99. The highest BCUT2D eigenvalue weighted by atomic mass is 16.5. The van der Waals surface area contributed by atoms with E-state index < -0.39 is 0 Å². The number of benzene rings is 4. The first-order valence-corrected chi connectivity index (χ1v) is 13.1. The average Bonchev–Trinajstić information content (AvgIpc) is 3.36. The number of ether oxygens (including phenoxy) is 1. The molecule has 0 radical (unpaired) electrons. The molecule has 0 fully saturated rings. The van der Waals surface area contributed by atoms with E-state index in [-0.39, 0.29) is 11.9 Å². The fourth-order valence-electron chi connectivity index (χ4n) is 5.27. The zero-order valence-electron chi connectivity index (χ0n) is 21.2. The number of rotatable bonds is 6. The van der Waals surface area contributed by atoms with Gasteiger partial charge in [0.2, 0.25) is 0 Å². The maximum Gasteiger partial charge on any atom is 0.254 e. The van der Waals surface area contributed by atoms with Crippen molar-refractivity contribution in [3.8, 4) is 16.9 Å². The number of fused-ring (bicyclic) bond motifs is 1. The lowest BCUT2D eigenvalue weighted by Gasteiger charge is -2.31. The molecular weight excluding hydrogens is 468 g/mol. The van der Waals surface area contributed by atoms with Crippen LogP contribution in [0.2, 0.25) is 0 Å². The quantitative estimate of drug-likeness (QED) is 0.245. The van der Waals surface area contributed by atoms with Gasteiger partial charge in [-0.1, -0.05) is 84.9 Å². The number of hydrogen-bond acceptors (Lipinski definition) is 2. The van der Waals surface area contributed by atoms with Crippen molar-refractivity contribution in [2.75, 3.05) is 6.54 Å². The molecule has 5 aromatic rings. The van der Waals surface area contributed by atoms with Crippen molar-refractivity contribution in [3.63, 3.8) is 0 Å². The molecule has 0 bridgehead atoms. The number of hydrogen-bond donors (Lipinski definition) is 0. The van der Waals surface area contributed by atoms with Crippen molar-refractivity contribution in [3.05, 3.63) is 150 Å². The van der Waals surface area contributed by atoms with Crippen LogP contribution in [0.3, 0.4) is 0 Å². The molecule has 0 saturated heterocycles. The summed E-state index contributed by atoms with van der Waals surface area (Å²) in [6, 6.07) is 40.6. The van der Waals surface area contributed by atoms with E-state index in [4.69, 9.17) is 4.74 Å². The molecule has 0 spiro atoms.